The summed E-state index contributed by atoms with van der Waals surface area (Å²) in [5.41, 5.74) is 0.394. The minimum absolute atomic E-state index is 0.380. The molecule has 2 rings (SSSR count). The fourth-order valence-electron chi connectivity index (χ4n) is 1.32. The summed E-state index contributed by atoms with van der Waals surface area (Å²) in [6.07, 6.45) is 0.661. The van der Waals surface area contributed by atoms with Crippen molar-refractivity contribution in [3.05, 3.63) is 28.9 Å². The number of aldehydes is 1. The number of hydrogen-bond acceptors (Lipinski definition) is 3. The zero-order valence-electron chi connectivity index (χ0n) is 7.41. The molecular weight excluding hydrogens is 203 g/mol. The lowest BCUT2D eigenvalue weighted by molar-refractivity contribution is 0.112. The summed E-state index contributed by atoms with van der Waals surface area (Å²) in [5, 5.41) is 2.02. The second-order valence-electron chi connectivity index (χ2n) is 2.79. The van der Waals surface area contributed by atoms with E-state index < -0.39 is 5.82 Å². The molecule has 72 valence electrons. The maximum Gasteiger partial charge on any atom is 0.151 e. The topological polar surface area (TPSA) is 26.3 Å². The smallest absolute Gasteiger partial charge is 0.151 e. The largest absolute Gasteiger partial charge is 0.497 e. The predicted molar refractivity (Wildman–Crippen MR) is 53.7 cm³/mol. The highest BCUT2D eigenvalue weighted by molar-refractivity contribution is 7.17. The zero-order chi connectivity index (χ0) is 10.1. The number of fused-ring (bicyclic) bond motifs is 1. The molecule has 0 saturated heterocycles. The van der Waals surface area contributed by atoms with Crippen molar-refractivity contribution < 1.29 is 13.9 Å². The molecule has 0 saturated carbocycles. The average Bonchev–Trinajstić information content (AvgIpc) is 2.61. The van der Waals surface area contributed by atoms with E-state index in [4.69, 9.17) is 4.74 Å². The van der Waals surface area contributed by atoms with Gasteiger partial charge in [-0.25, -0.2) is 4.39 Å². The lowest BCUT2D eigenvalue weighted by Crippen LogP contribution is -1.86. The standard InChI is InChI=1S/C10H7FO2S/c1-13-7-2-8(11)10-6(4-12)5-14-9(10)3-7/h2-5H,1H3. The maximum absolute atomic E-state index is 13.5. The molecule has 1 aromatic carbocycles. The minimum Gasteiger partial charge on any atom is -0.497 e. The van der Waals surface area contributed by atoms with Crippen LogP contribution in [0.15, 0.2) is 17.5 Å². The molecule has 4 heteroatoms. The van der Waals surface area contributed by atoms with Gasteiger partial charge in [-0.2, -0.15) is 0 Å². The molecule has 0 radical (unpaired) electrons. The Morgan fingerprint density at radius 3 is 2.93 bits per heavy atom. The van der Waals surface area contributed by atoms with Gasteiger partial charge in [0.15, 0.2) is 6.29 Å². The third kappa shape index (κ3) is 1.28. The molecule has 0 spiro atoms. The first-order valence-corrected chi connectivity index (χ1v) is 4.84. The minimum atomic E-state index is -0.414. The first-order chi connectivity index (χ1) is 6.76. The predicted octanol–water partition coefficient (Wildman–Crippen LogP) is 2.86. The van der Waals surface area contributed by atoms with Gasteiger partial charge in [-0.3, -0.25) is 4.79 Å². The second kappa shape index (κ2) is 3.38. The summed E-state index contributed by atoms with van der Waals surface area (Å²) in [6.45, 7) is 0. The summed E-state index contributed by atoms with van der Waals surface area (Å²) >= 11 is 1.33. The number of rotatable bonds is 2. The Bertz CT molecular complexity index is 490. The van der Waals surface area contributed by atoms with Gasteiger partial charge in [0.1, 0.15) is 11.6 Å². The Kier molecular flexibility index (Phi) is 2.21. The third-order valence-corrected chi connectivity index (χ3v) is 2.94. The summed E-state index contributed by atoms with van der Waals surface area (Å²) in [6, 6.07) is 3.00. The first-order valence-electron chi connectivity index (χ1n) is 3.96. The highest BCUT2D eigenvalue weighted by Crippen LogP contribution is 2.31. The molecule has 0 aliphatic carbocycles. The Morgan fingerprint density at radius 2 is 2.29 bits per heavy atom. The molecule has 14 heavy (non-hydrogen) atoms. The van der Waals surface area contributed by atoms with Crippen molar-refractivity contribution in [3.8, 4) is 5.75 Å². The van der Waals surface area contributed by atoms with Gasteiger partial charge in [-0.1, -0.05) is 0 Å². The van der Waals surface area contributed by atoms with Crippen LogP contribution in [-0.4, -0.2) is 13.4 Å². The van der Waals surface area contributed by atoms with Crippen molar-refractivity contribution in [2.45, 2.75) is 0 Å². The molecular formula is C10H7FO2S. The van der Waals surface area contributed by atoms with Crippen LogP contribution in [0, 0.1) is 5.82 Å². The Morgan fingerprint density at radius 1 is 1.50 bits per heavy atom. The first kappa shape index (κ1) is 9.15. The van der Waals surface area contributed by atoms with Crippen LogP contribution >= 0.6 is 11.3 Å². The van der Waals surface area contributed by atoms with Crippen molar-refractivity contribution >= 4 is 27.7 Å². The van der Waals surface area contributed by atoms with Gasteiger partial charge < -0.3 is 4.74 Å². The number of hydrogen-bond donors (Lipinski definition) is 0. The van der Waals surface area contributed by atoms with Crippen LogP contribution in [0.25, 0.3) is 10.1 Å². The van der Waals surface area contributed by atoms with E-state index in [-0.39, 0.29) is 0 Å². The number of carbonyl (C=O) groups excluding carboxylic acids is 1. The number of methoxy groups -OCH3 is 1. The van der Waals surface area contributed by atoms with E-state index in [0.717, 1.165) is 4.70 Å². The summed E-state index contributed by atoms with van der Waals surface area (Å²) in [7, 11) is 1.48. The fraction of sp³-hybridized carbons (Fsp3) is 0.100. The van der Waals surface area contributed by atoms with E-state index >= 15 is 0 Å². The SMILES string of the molecule is COc1cc(F)c2c(C=O)csc2c1. The van der Waals surface area contributed by atoms with E-state index in [1.54, 1.807) is 11.4 Å². The van der Waals surface area contributed by atoms with Crippen LogP contribution in [-0.2, 0) is 0 Å². The maximum atomic E-state index is 13.5. The van der Waals surface area contributed by atoms with Crippen LogP contribution in [0.5, 0.6) is 5.75 Å². The second-order valence-corrected chi connectivity index (χ2v) is 3.70. The van der Waals surface area contributed by atoms with Crippen LogP contribution < -0.4 is 4.74 Å². The van der Waals surface area contributed by atoms with Crippen molar-refractivity contribution in [2.24, 2.45) is 0 Å². The van der Waals surface area contributed by atoms with Crippen molar-refractivity contribution in [1.29, 1.82) is 0 Å². The molecule has 2 aromatic rings. The molecule has 0 fully saturated rings. The van der Waals surface area contributed by atoms with E-state index in [1.807, 2.05) is 0 Å². The summed E-state index contributed by atoms with van der Waals surface area (Å²) in [5.74, 6) is 0.0528. The lowest BCUT2D eigenvalue weighted by atomic mass is 10.2. The summed E-state index contributed by atoms with van der Waals surface area (Å²) in [4.78, 5) is 10.6. The normalized spacial score (nSPS) is 10.4. The van der Waals surface area contributed by atoms with Gasteiger partial charge in [0.05, 0.1) is 7.11 Å². The lowest BCUT2D eigenvalue weighted by Gasteiger charge is -2.00. The van der Waals surface area contributed by atoms with Crippen molar-refractivity contribution in [2.75, 3.05) is 7.11 Å². The Balaban J connectivity index is 2.78. The van der Waals surface area contributed by atoms with Gasteiger partial charge in [-0.05, 0) is 6.07 Å². The summed E-state index contributed by atoms with van der Waals surface area (Å²) < 4.78 is 19.1. The van der Waals surface area contributed by atoms with E-state index in [9.17, 15) is 9.18 Å². The van der Waals surface area contributed by atoms with E-state index in [0.29, 0.717) is 23.0 Å². The van der Waals surface area contributed by atoms with Gasteiger partial charge >= 0.3 is 0 Å². The molecule has 1 aromatic heterocycles. The molecule has 0 N–H and O–H groups in total. The average molecular weight is 210 g/mol. The monoisotopic (exact) mass is 210 g/mol. The van der Waals surface area contributed by atoms with E-state index in [1.165, 1.54) is 24.5 Å². The van der Waals surface area contributed by atoms with Crippen LogP contribution in [0.4, 0.5) is 4.39 Å². The van der Waals surface area contributed by atoms with Gasteiger partial charge in [0.25, 0.3) is 0 Å². The van der Waals surface area contributed by atoms with Crippen LogP contribution in [0.2, 0.25) is 0 Å². The van der Waals surface area contributed by atoms with Crippen LogP contribution in [0.1, 0.15) is 10.4 Å². The number of ether oxygens (including phenoxy) is 1. The van der Waals surface area contributed by atoms with Gasteiger partial charge in [-0.15, -0.1) is 11.3 Å². The number of halogens is 1. The number of benzene rings is 1. The molecule has 0 aliphatic heterocycles. The quantitative estimate of drug-likeness (QED) is 0.712. The number of thiophene rings is 1. The van der Waals surface area contributed by atoms with Gasteiger partial charge in [0, 0.05) is 27.1 Å². The molecule has 0 bridgehead atoms. The third-order valence-electron chi connectivity index (χ3n) is 1.99. The molecule has 1 heterocycles. The fourth-order valence-corrected chi connectivity index (χ4v) is 2.27. The molecule has 0 unspecified atom stereocenters. The molecule has 0 aliphatic rings. The van der Waals surface area contributed by atoms with Crippen molar-refractivity contribution in [3.63, 3.8) is 0 Å². The molecule has 0 atom stereocenters. The van der Waals surface area contributed by atoms with Crippen molar-refractivity contribution in [1.82, 2.24) is 0 Å². The van der Waals surface area contributed by atoms with E-state index in [2.05, 4.69) is 0 Å². The Labute approximate surface area is 83.9 Å². The zero-order valence-corrected chi connectivity index (χ0v) is 8.23. The molecule has 2 nitrogen and oxygen atoms in total. The highest BCUT2D eigenvalue weighted by atomic mass is 32.1. The Hall–Kier alpha value is -1.42. The molecule has 0 amide bonds. The number of carbonyl (C=O) groups is 1. The highest BCUT2D eigenvalue weighted by Gasteiger charge is 2.10. The van der Waals surface area contributed by atoms with Crippen LogP contribution in [0.3, 0.4) is 0 Å². The van der Waals surface area contributed by atoms with Gasteiger partial charge in [0.2, 0.25) is 0 Å².